The minimum Gasteiger partial charge on any atom is -0.487 e. The Morgan fingerprint density at radius 1 is 1.00 bits per heavy atom. The van der Waals surface area contributed by atoms with E-state index in [4.69, 9.17) is 32.7 Å². The van der Waals surface area contributed by atoms with Crippen molar-refractivity contribution in [3.8, 4) is 11.5 Å². The first-order valence-corrected chi connectivity index (χ1v) is 7.93. The molecule has 0 saturated heterocycles. The molecule has 0 fully saturated rings. The molecule has 21 heavy (non-hydrogen) atoms. The lowest BCUT2D eigenvalue weighted by Crippen LogP contribution is -2.21. The monoisotopic (exact) mass is 336 g/mol. The zero-order valence-electron chi connectivity index (χ0n) is 12.3. The van der Waals surface area contributed by atoms with Gasteiger partial charge < -0.3 is 19.7 Å². The second kappa shape index (κ2) is 9.36. The molecule has 0 aliphatic carbocycles. The molecule has 0 aliphatic heterocycles. The number of rotatable bonds is 9. The van der Waals surface area contributed by atoms with E-state index < -0.39 is 12.2 Å². The normalized spacial score (nSPS) is 14.0. The number of benzene rings is 1. The minimum absolute atomic E-state index is 0.0828. The summed E-state index contributed by atoms with van der Waals surface area (Å²) >= 11 is 11.1. The van der Waals surface area contributed by atoms with Gasteiger partial charge in [-0.2, -0.15) is 0 Å². The van der Waals surface area contributed by atoms with Crippen LogP contribution in [0, 0.1) is 0 Å². The van der Waals surface area contributed by atoms with Crippen LogP contribution >= 0.6 is 23.2 Å². The SMILES string of the molecule is CC(C)c1cccc(OC[C@H](O)CCl)c1OC[C@@H](O)CCl. The van der Waals surface area contributed by atoms with E-state index in [1.165, 1.54) is 0 Å². The fourth-order valence-electron chi connectivity index (χ4n) is 1.71. The number of alkyl halides is 2. The van der Waals surface area contributed by atoms with Crippen LogP contribution < -0.4 is 9.47 Å². The van der Waals surface area contributed by atoms with Crippen LogP contribution in [0.25, 0.3) is 0 Å². The van der Waals surface area contributed by atoms with Gasteiger partial charge in [0.25, 0.3) is 0 Å². The highest BCUT2D eigenvalue weighted by Crippen LogP contribution is 2.36. The van der Waals surface area contributed by atoms with Crippen LogP contribution in [0.5, 0.6) is 11.5 Å². The van der Waals surface area contributed by atoms with Gasteiger partial charge in [0.2, 0.25) is 0 Å². The van der Waals surface area contributed by atoms with E-state index in [0.717, 1.165) is 5.56 Å². The molecule has 0 bridgehead atoms. The first kappa shape index (κ1) is 18.4. The van der Waals surface area contributed by atoms with Crippen molar-refractivity contribution in [1.29, 1.82) is 0 Å². The van der Waals surface area contributed by atoms with Gasteiger partial charge in [-0.15, -0.1) is 23.2 Å². The zero-order valence-corrected chi connectivity index (χ0v) is 13.8. The summed E-state index contributed by atoms with van der Waals surface area (Å²) in [6.45, 7) is 4.25. The second-order valence-electron chi connectivity index (χ2n) is 5.07. The predicted octanol–water partition coefficient (Wildman–Crippen LogP) is 2.77. The highest BCUT2D eigenvalue weighted by atomic mass is 35.5. The van der Waals surface area contributed by atoms with E-state index in [0.29, 0.717) is 11.5 Å². The van der Waals surface area contributed by atoms with Gasteiger partial charge in [0, 0.05) is 5.56 Å². The predicted molar refractivity (Wildman–Crippen MR) is 85.0 cm³/mol. The van der Waals surface area contributed by atoms with Gasteiger partial charge in [-0.1, -0.05) is 26.0 Å². The topological polar surface area (TPSA) is 58.9 Å². The van der Waals surface area contributed by atoms with Crippen LogP contribution in [0.1, 0.15) is 25.3 Å². The van der Waals surface area contributed by atoms with Crippen molar-refractivity contribution in [3.63, 3.8) is 0 Å². The molecule has 0 spiro atoms. The Hall–Kier alpha value is -0.680. The van der Waals surface area contributed by atoms with Crippen LogP contribution in [-0.2, 0) is 0 Å². The lowest BCUT2D eigenvalue weighted by molar-refractivity contribution is 0.109. The molecule has 120 valence electrons. The first-order chi connectivity index (χ1) is 9.99. The zero-order chi connectivity index (χ0) is 15.8. The van der Waals surface area contributed by atoms with Crippen molar-refractivity contribution < 1.29 is 19.7 Å². The smallest absolute Gasteiger partial charge is 0.164 e. The van der Waals surface area contributed by atoms with Crippen LogP contribution in [-0.4, -0.2) is 47.4 Å². The largest absolute Gasteiger partial charge is 0.487 e. The molecule has 0 heterocycles. The van der Waals surface area contributed by atoms with Gasteiger partial charge >= 0.3 is 0 Å². The molecule has 1 aromatic carbocycles. The number of hydrogen-bond donors (Lipinski definition) is 2. The molecule has 0 amide bonds. The summed E-state index contributed by atoms with van der Waals surface area (Å²) in [6.07, 6.45) is -1.48. The van der Waals surface area contributed by atoms with Crippen LogP contribution in [0.15, 0.2) is 18.2 Å². The van der Waals surface area contributed by atoms with E-state index in [1.807, 2.05) is 26.0 Å². The summed E-state index contributed by atoms with van der Waals surface area (Å²) in [4.78, 5) is 0. The molecule has 2 atom stereocenters. The van der Waals surface area contributed by atoms with Gasteiger partial charge in [0.1, 0.15) is 25.4 Å². The van der Waals surface area contributed by atoms with E-state index in [9.17, 15) is 10.2 Å². The highest BCUT2D eigenvalue weighted by Gasteiger charge is 2.16. The summed E-state index contributed by atoms with van der Waals surface area (Å²) in [7, 11) is 0. The molecule has 0 radical (unpaired) electrons. The standard InChI is InChI=1S/C15H22Cl2O4/c1-10(2)13-4-3-5-14(20-8-11(18)6-16)15(13)21-9-12(19)7-17/h3-5,10-12,18-19H,6-9H2,1-2H3/t11-,12+/m1/s1. The molecule has 1 aromatic rings. The molecular formula is C15H22Cl2O4. The fourth-order valence-corrected chi connectivity index (χ4v) is 1.89. The molecular weight excluding hydrogens is 315 g/mol. The Morgan fingerprint density at radius 3 is 2.10 bits per heavy atom. The minimum atomic E-state index is -0.742. The van der Waals surface area contributed by atoms with Gasteiger partial charge in [0.05, 0.1) is 11.8 Å². The van der Waals surface area contributed by atoms with Crippen LogP contribution in [0.3, 0.4) is 0 Å². The Kier molecular flexibility index (Phi) is 8.19. The second-order valence-corrected chi connectivity index (χ2v) is 5.68. The van der Waals surface area contributed by atoms with Gasteiger partial charge in [-0.25, -0.2) is 0 Å². The number of ether oxygens (including phenoxy) is 2. The van der Waals surface area contributed by atoms with Gasteiger partial charge in [-0.05, 0) is 12.0 Å². The molecule has 0 saturated carbocycles. The average Bonchev–Trinajstić information content (AvgIpc) is 2.49. The van der Waals surface area contributed by atoms with Crippen molar-refractivity contribution in [2.24, 2.45) is 0 Å². The summed E-state index contributed by atoms with van der Waals surface area (Å²) < 4.78 is 11.2. The van der Waals surface area contributed by atoms with E-state index in [-0.39, 0.29) is 30.9 Å². The number of aliphatic hydroxyl groups excluding tert-OH is 2. The summed E-state index contributed by atoms with van der Waals surface area (Å²) in [6, 6.07) is 5.57. The van der Waals surface area contributed by atoms with Crippen LogP contribution in [0.2, 0.25) is 0 Å². The van der Waals surface area contributed by atoms with Crippen molar-refractivity contribution in [1.82, 2.24) is 0 Å². The third kappa shape index (κ3) is 5.91. The Balaban J connectivity index is 2.91. The lowest BCUT2D eigenvalue weighted by Gasteiger charge is -2.20. The average molecular weight is 337 g/mol. The molecule has 0 unspecified atom stereocenters. The fraction of sp³-hybridized carbons (Fsp3) is 0.600. The maximum Gasteiger partial charge on any atom is 0.164 e. The van der Waals surface area contributed by atoms with E-state index in [1.54, 1.807) is 6.07 Å². The molecule has 4 nitrogen and oxygen atoms in total. The third-order valence-electron chi connectivity index (χ3n) is 2.84. The Bertz CT molecular complexity index is 426. The molecule has 0 aliphatic rings. The summed E-state index contributed by atoms with van der Waals surface area (Å²) in [5.41, 5.74) is 0.967. The van der Waals surface area contributed by atoms with E-state index in [2.05, 4.69) is 0 Å². The maximum absolute atomic E-state index is 9.54. The van der Waals surface area contributed by atoms with Gasteiger partial charge in [0.15, 0.2) is 11.5 Å². The lowest BCUT2D eigenvalue weighted by atomic mass is 10.0. The first-order valence-electron chi connectivity index (χ1n) is 6.86. The van der Waals surface area contributed by atoms with Crippen LogP contribution in [0.4, 0.5) is 0 Å². The quantitative estimate of drug-likeness (QED) is 0.681. The van der Waals surface area contributed by atoms with Crippen molar-refractivity contribution >= 4 is 23.2 Å². The van der Waals surface area contributed by atoms with Crippen molar-refractivity contribution in [2.75, 3.05) is 25.0 Å². The number of aliphatic hydroxyl groups is 2. The summed E-state index contributed by atoms with van der Waals surface area (Å²) in [5.74, 6) is 1.52. The number of hydrogen-bond acceptors (Lipinski definition) is 4. The maximum atomic E-state index is 9.54. The number of halogens is 2. The highest BCUT2D eigenvalue weighted by molar-refractivity contribution is 6.18. The Morgan fingerprint density at radius 2 is 1.57 bits per heavy atom. The van der Waals surface area contributed by atoms with Gasteiger partial charge in [-0.3, -0.25) is 0 Å². The molecule has 1 rings (SSSR count). The molecule has 2 N–H and O–H groups in total. The van der Waals surface area contributed by atoms with Crippen molar-refractivity contribution in [2.45, 2.75) is 32.0 Å². The molecule has 0 aromatic heterocycles. The number of para-hydroxylation sites is 1. The Labute approximate surface area is 135 Å². The van der Waals surface area contributed by atoms with E-state index >= 15 is 0 Å². The summed E-state index contributed by atoms with van der Waals surface area (Å²) in [5, 5.41) is 19.0. The van der Waals surface area contributed by atoms with Crippen molar-refractivity contribution in [3.05, 3.63) is 23.8 Å². The third-order valence-corrected chi connectivity index (χ3v) is 3.55. The molecule has 6 heteroatoms.